The largest absolute Gasteiger partial charge is 0.324 e. The molecule has 0 amide bonds. The molecule has 12 heavy (non-hydrogen) atoms. The monoisotopic (exact) mass is 184 g/mol. The molecule has 1 aromatic rings. The van der Waals surface area contributed by atoms with Crippen LogP contribution in [0.2, 0.25) is 5.15 Å². The Kier molecular flexibility index (Phi) is 2.78. The smallest absolute Gasteiger partial charge is 0.179 e. The van der Waals surface area contributed by atoms with Crippen molar-refractivity contribution >= 4 is 17.4 Å². The van der Waals surface area contributed by atoms with Gasteiger partial charge in [-0.3, -0.25) is 4.79 Å². The SMILES string of the molecule is Cc1cnc(Cl)c(C(=O)CN)c1. The van der Waals surface area contributed by atoms with E-state index < -0.39 is 0 Å². The van der Waals surface area contributed by atoms with Crippen molar-refractivity contribution in [2.75, 3.05) is 6.54 Å². The Morgan fingerprint density at radius 3 is 3.00 bits per heavy atom. The fourth-order valence-corrected chi connectivity index (χ4v) is 1.07. The summed E-state index contributed by atoms with van der Waals surface area (Å²) in [5.74, 6) is -0.184. The van der Waals surface area contributed by atoms with Crippen LogP contribution in [0.5, 0.6) is 0 Å². The first-order valence-electron chi connectivity index (χ1n) is 3.50. The van der Waals surface area contributed by atoms with Gasteiger partial charge >= 0.3 is 0 Å². The molecule has 0 fully saturated rings. The molecule has 0 saturated carbocycles. The molecule has 0 radical (unpaired) electrons. The van der Waals surface area contributed by atoms with E-state index in [1.807, 2.05) is 6.92 Å². The number of aryl methyl sites for hydroxylation is 1. The molecule has 0 bridgehead atoms. The number of aromatic nitrogens is 1. The molecule has 0 aliphatic heterocycles. The van der Waals surface area contributed by atoms with Gasteiger partial charge in [-0.1, -0.05) is 11.6 Å². The lowest BCUT2D eigenvalue weighted by atomic mass is 10.1. The van der Waals surface area contributed by atoms with Crippen molar-refractivity contribution in [3.8, 4) is 0 Å². The summed E-state index contributed by atoms with van der Waals surface area (Å²) < 4.78 is 0. The predicted molar refractivity (Wildman–Crippen MR) is 47.4 cm³/mol. The number of rotatable bonds is 2. The van der Waals surface area contributed by atoms with Gasteiger partial charge in [0, 0.05) is 6.20 Å². The molecule has 1 aromatic heterocycles. The first-order chi connectivity index (χ1) is 5.65. The molecule has 2 N–H and O–H groups in total. The number of carbonyl (C=O) groups is 1. The first-order valence-corrected chi connectivity index (χ1v) is 3.88. The lowest BCUT2D eigenvalue weighted by Crippen LogP contribution is -2.14. The molecule has 0 atom stereocenters. The second-order valence-electron chi connectivity index (χ2n) is 2.48. The van der Waals surface area contributed by atoms with Gasteiger partial charge in [0.15, 0.2) is 5.78 Å². The average molecular weight is 185 g/mol. The summed E-state index contributed by atoms with van der Waals surface area (Å²) >= 11 is 5.68. The molecule has 0 saturated heterocycles. The van der Waals surface area contributed by atoms with E-state index in [1.165, 1.54) is 0 Å². The van der Waals surface area contributed by atoms with E-state index in [4.69, 9.17) is 17.3 Å². The summed E-state index contributed by atoms with van der Waals surface area (Å²) in [6.07, 6.45) is 1.61. The van der Waals surface area contributed by atoms with E-state index in [2.05, 4.69) is 4.98 Å². The van der Waals surface area contributed by atoms with Crippen LogP contribution in [0.25, 0.3) is 0 Å². The molecule has 0 aromatic carbocycles. The summed E-state index contributed by atoms with van der Waals surface area (Å²) in [4.78, 5) is 15.0. The van der Waals surface area contributed by atoms with Crippen LogP contribution in [0.3, 0.4) is 0 Å². The van der Waals surface area contributed by atoms with Gasteiger partial charge in [-0.25, -0.2) is 4.98 Å². The molecule has 4 heteroatoms. The van der Waals surface area contributed by atoms with Gasteiger partial charge in [0.2, 0.25) is 0 Å². The van der Waals surface area contributed by atoms with Crippen LogP contribution < -0.4 is 5.73 Å². The lowest BCUT2D eigenvalue weighted by molar-refractivity contribution is 0.100. The Bertz CT molecular complexity index is 312. The van der Waals surface area contributed by atoms with E-state index in [1.54, 1.807) is 12.3 Å². The Balaban J connectivity index is 3.13. The maximum Gasteiger partial charge on any atom is 0.179 e. The maximum absolute atomic E-state index is 11.1. The molecule has 0 unspecified atom stereocenters. The van der Waals surface area contributed by atoms with E-state index in [0.717, 1.165) is 5.56 Å². The van der Waals surface area contributed by atoms with Crippen molar-refractivity contribution in [1.29, 1.82) is 0 Å². The van der Waals surface area contributed by atoms with Crippen LogP contribution in [0.15, 0.2) is 12.3 Å². The second-order valence-corrected chi connectivity index (χ2v) is 2.84. The van der Waals surface area contributed by atoms with Crippen molar-refractivity contribution in [2.45, 2.75) is 6.92 Å². The highest BCUT2D eigenvalue weighted by atomic mass is 35.5. The molecule has 3 nitrogen and oxygen atoms in total. The second kappa shape index (κ2) is 3.65. The quantitative estimate of drug-likeness (QED) is 0.555. The molecule has 0 spiro atoms. The lowest BCUT2D eigenvalue weighted by Gasteiger charge is -2.00. The highest BCUT2D eigenvalue weighted by Crippen LogP contribution is 2.13. The van der Waals surface area contributed by atoms with E-state index >= 15 is 0 Å². The average Bonchev–Trinajstić information content (AvgIpc) is 2.08. The van der Waals surface area contributed by atoms with Gasteiger partial charge in [0.1, 0.15) is 5.15 Å². The third-order valence-electron chi connectivity index (χ3n) is 1.46. The Labute approximate surface area is 75.6 Å². The Morgan fingerprint density at radius 1 is 1.75 bits per heavy atom. The van der Waals surface area contributed by atoms with Crippen molar-refractivity contribution < 1.29 is 4.79 Å². The van der Waals surface area contributed by atoms with Gasteiger partial charge in [0.25, 0.3) is 0 Å². The van der Waals surface area contributed by atoms with Gasteiger partial charge in [-0.15, -0.1) is 0 Å². The number of halogens is 1. The zero-order valence-electron chi connectivity index (χ0n) is 6.67. The summed E-state index contributed by atoms with van der Waals surface area (Å²) in [7, 11) is 0. The molecular formula is C8H9ClN2O. The van der Waals surface area contributed by atoms with E-state index in [-0.39, 0.29) is 17.5 Å². The fraction of sp³-hybridized carbons (Fsp3) is 0.250. The van der Waals surface area contributed by atoms with Crippen molar-refractivity contribution in [1.82, 2.24) is 4.98 Å². The fourth-order valence-electron chi connectivity index (χ4n) is 0.858. The molecule has 1 rings (SSSR count). The molecule has 0 aliphatic carbocycles. The van der Waals surface area contributed by atoms with Crippen molar-refractivity contribution in [3.05, 3.63) is 28.5 Å². The number of hydrogen-bond acceptors (Lipinski definition) is 3. The minimum atomic E-state index is -0.184. The summed E-state index contributed by atoms with van der Waals surface area (Å²) in [6, 6.07) is 1.69. The van der Waals surface area contributed by atoms with Crippen LogP contribution >= 0.6 is 11.6 Å². The van der Waals surface area contributed by atoms with Crippen LogP contribution in [0.1, 0.15) is 15.9 Å². The Hall–Kier alpha value is -0.930. The topological polar surface area (TPSA) is 56.0 Å². The van der Waals surface area contributed by atoms with Crippen LogP contribution in [0.4, 0.5) is 0 Å². The highest BCUT2D eigenvalue weighted by molar-refractivity contribution is 6.32. The summed E-state index contributed by atoms with van der Waals surface area (Å²) in [5, 5.41) is 0.219. The van der Waals surface area contributed by atoms with Crippen LogP contribution in [-0.4, -0.2) is 17.3 Å². The third-order valence-corrected chi connectivity index (χ3v) is 1.76. The number of ketones is 1. The number of Topliss-reactive ketones (excluding diaryl/α,β-unsaturated/α-hetero) is 1. The normalized spacial score (nSPS) is 9.92. The molecule has 1 heterocycles. The van der Waals surface area contributed by atoms with Crippen LogP contribution in [0, 0.1) is 6.92 Å². The minimum absolute atomic E-state index is 0.0369. The number of carbonyl (C=O) groups excluding carboxylic acids is 1. The van der Waals surface area contributed by atoms with Gasteiger partial charge < -0.3 is 5.73 Å². The van der Waals surface area contributed by atoms with Crippen LogP contribution in [-0.2, 0) is 0 Å². The zero-order chi connectivity index (χ0) is 9.14. The van der Waals surface area contributed by atoms with Gasteiger partial charge in [-0.2, -0.15) is 0 Å². The van der Waals surface area contributed by atoms with Crippen molar-refractivity contribution in [2.24, 2.45) is 5.73 Å². The van der Waals surface area contributed by atoms with E-state index in [0.29, 0.717) is 5.56 Å². The molecule has 64 valence electrons. The number of pyridine rings is 1. The summed E-state index contributed by atoms with van der Waals surface area (Å²) in [5.41, 5.74) is 6.49. The standard InChI is InChI=1S/C8H9ClN2O/c1-5-2-6(7(12)3-10)8(9)11-4-5/h2,4H,3,10H2,1H3. The predicted octanol–water partition coefficient (Wildman–Crippen LogP) is 1.18. The zero-order valence-corrected chi connectivity index (χ0v) is 7.43. The maximum atomic E-state index is 11.1. The highest BCUT2D eigenvalue weighted by Gasteiger charge is 2.08. The van der Waals surface area contributed by atoms with Crippen molar-refractivity contribution in [3.63, 3.8) is 0 Å². The van der Waals surface area contributed by atoms with E-state index in [9.17, 15) is 4.79 Å². The first kappa shape index (κ1) is 9.16. The van der Waals surface area contributed by atoms with Gasteiger partial charge in [0.05, 0.1) is 12.1 Å². The molecule has 0 aliphatic rings. The Morgan fingerprint density at radius 2 is 2.42 bits per heavy atom. The molecular weight excluding hydrogens is 176 g/mol. The minimum Gasteiger partial charge on any atom is -0.324 e. The van der Waals surface area contributed by atoms with Gasteiger partial charge in [-0.05, 0) is 18.6 Å². The number of hydrogen-bond donors (Lipinski definition) is 1. The number of nitrogens with zero attached hydrogens (tertiary/aromatic N) is 1. The third kappa shape index (κ3) is 1.81. The number of nitrogens with two attached hydrogens (primary N) is 1. The summed E-state index contributed by atoms with van der Waals surface area (Å²) in [6.45, 7) is 1.81.